The van der Waals surface area contributed by atoms with Crippen LogP contribution in [-0.2, 0) is 0 Å². The standard InChI is InChI=1S/C14H9Cl2N5O4/c15-7-3-6(13(22)8(16)4-7)5-17-18-9-1-2-10(21(24)25)12-11(9)14(23)20-19-12/h1-5,18,22H,(H2,19,20,23)/b17-5+. The molecule has 0 saturated heterocycles. The number of nitrogens with zero attached hydrogens (tertiary/aromatic N) is 2. The summed E-state index contributed by atoms with van der Waals surface area (Å²) in [5.41, 5.74) is 2.36. The summed E-state index contributed by atoms with van der Waals surface area (Å²) in [4.78, 5) is 22.3. The number of hydrogen-bond acceptors (Lipinski definition) is 6. The molecule has 0 aliphatic heterocycles. The van der Waals surface area contributed by atoms with E-state index < -0.39 is 10.5 Å². The maximum atomic E-state index is 11.9. The minimum Gasteiger partial charge on any atom is -0.506 e. The third kappa shape index (κ3) is 3.14. The van der Waals surface area contributed by atoms with Gasteiger partial charge in [0.15, 0.2) is 0 Å². The number of benzene rings is 2. The number of H-pyrrole nitrogens is 2. The van der Waals surface area contributed by atoms with E-state index in [-0.39, 0.29) is 38.6 Å². The fourth-order valence-electron chi connectivity index (χ4n) is 2.24. The largest absolute Gasteiger partial charge is 0.506 e. The lowest BCUT2D eigenvalue weighted by atomic mass is 10.2. The number of phenols is 1. The van der Waals surface area contributed by atoms with Crippen LogP contribution in [0.2, 0.25) is 10.0 Å². The van der Waals surface area contributed by atoms with Crippen molar-refractivity contribution in [1.82, 2.24) is 10.2 Å². The molecule has 0 aliphatic carbocycles. The highest BCUT2D eigenvalue weighted by Gasteiger charge is 2.18. The van der Waals surface area contributed by atoms with Gasteiger partial charge >= 0.3 is 0 Å². The van der Waals surface area contributed by atoms with Crippen LogP contribution < -0.4 is 11.0 Å². The summed E-state index contributed by atoms with van der Waals surface area (Å²) in [6.07, 6.45) is 1.25. The summed E-state index contributed by atoms with van der Waals surface area (Å²) in [6.45, 7) is 0. The van der Waals surface area contributed by atoms with Crippen molar-refractivity contribution in [2.24, 2.45) is 5.10 Å². The fraction of sp³-hybridized carbons (Fsp3) is 0. The van der Waals surface area contributed by atoms with Crippen molar-refractivity contribution in [3.05, 3.63) is 60.3 Å². The maximum absolute atomic E-state index is 11.9. The lowest BCUT2D eigenvalue weighted by Crippen LogP contribution is -2.02. The summed E-state index contributed by atoms with van der Waals surface area (Å²) in [5, 5.41) is 30.0. The Morgan fingerprint density at radius 2 is 2.04 bits per heavy atom. The van der Waals surface area contributed by atoms with Crippen molar-refractivity contribution in [2.75, 3.05) is 5.43 Å². The van der Waals surface area contributed by atoms with Crippen LogP contribution in [0.3, 0.4) is 0 Å². The molecule has 1 aromatic heterocycles. The molecule has 0 unspecified atom stereocenters. The summed E-state index contributed by atoms with van der Waals surface area (Å²) in [6, 6.07) is 5.41. The molecule has 2 aromatic carbocycles. The van der Waals surface area contributed by atoms with Crippen molar-refractivity contribution in [3.63, 3.8) is 0 Å². The van der Waals surface area contributed by atoms with Gasteiger partial charge in [-0.1, -0.05) is 23.2 Å². The summed E-state index contributed by atoms with van der Waals surface area (Å²) >= 11 is 11.7. The number of aromatic nitrogens is 2. The van der Waals surface area contributed by atoms with Crippen molar-refractivity contribution in [1.29, 1.82) is 0 Å². The Morgan fingerprint density at radius 3 is 2.76 bits per heavy atom. The van der Waals surface area contributed by atoms with Gasteiger partial charge < -0.3 is 5.11 Å². The first-order chi connectivity index (χ1) is 11.9. The number of halogens is 2. The molecule has 4 N–H and O–H groups in total. The van der Waals surface area contributed by atoms with E-state index in [0.717, 1.165) is 0 Å². The molecule has 0 spiro atoms. The molecule has 0 amide bonds. The van der Waals surface area contributed by atoms with Crippen molar-refractivity contribution in [2.45, 2.75) is 0 Å². The number of nitro benzene ring substituents is 1. The minimum atomic E-state index is -0.606. The Hall–Kier alpha value is -3.04. The molecule has 0 aliphatic rings. The first kappa shape index (κ1) is 16.8. The normalized spacial score (nSPS) is 11.3. The quantitative estimate of drug-likeness (QED) is 0.312. The lowest BCUT2D eigenvalue weighted by molar-refractivity contribution is -0.383. The molecule has 0 bridgehead atoms. The average Bonchev–Trinajstić information content (AvgIpc) is 2.94. The molecule has 3 rings (SSSR count). The second kappa shape index (κ2) is 6.46. The van der Waals surface area contributed by atoms with Gasteiger partial charge in [0.05, 0.1) is 27.2 Å². The lowest BCUT2D eigenvalue weighted by Gasteiger charge is -2.04. The number of fused-ring (bicyclic) bond motifs is 1. The number of nitrogens with one attached hydrogen (secondary N) is 3. The average molecular weight is 382 g/mol. The zero-order valence-electron chi connectivity index (χ0n) is 12.2. The van der Waals surface area contributed by atoms with E-state index in [9.17, 15) is 20.0 Å². The predicted molar refractivity (Wildman–Crippen MR) is 94.9 cm³/mol. The fourth-order valence-corrected chi connectivity index (χ4v) is 2.75. The Bertz CT molecular complexity index is 1070. The molecular weight excluding hydrogens is 373 g/mol. The Labute approximate surface area is 149 Å². The highest BCUT2D eigenvalue weighted by Crippen LogP contribution is 2.30. The molecule has 0 atom stereocenters. The summed E-state index contributed by atoms with van der Waals surface area (Å²) in [5.74, 6) is -0.204. The number of hydrazone groups is 1. The number of rotatable bonds is 4. The molecule has 25 heavy (non-hydrogen) atoms. The van der Waals surface area contributed by atoms with E-state index in [1.807, 2.05) is 0 Å². The highest BCUT2D eigenvalue weighted by molar-refractivity contribution is 6.36. The number of anilines is 1. The Morgan fingerprint density at radius 1 is 1.28 bits per heavy atom. The van der Waals surface area contributed by atoms with Crippen molar-refractivity contribution < 1.29 is 10.0 Å². The van der Waals surface area contributed by atoms with Crippen LogP contribution in [-0.4, -0.2) is 26.4 Å². The minimum absolute atomic E-state index is 0.0452. The molecule has 0 saturated carbocycles. The van der Waals surface area contributed by atoms with Crippen LogP contribution in [0.15, 0.2) is 34.2 Å². The smallest absolute Gasteiger partial charge is 0.295 e. The van der Waals surface area contributed by atoms with E-state index in [1.165, 1.54) is 30.5 Å². The molecule has 1 heterocycles. The first-order valence-corrected chi connectivity index (χ1v) is 7.49. The topological polar surface area (TPSA) is 136 Å². The summed E-state index contributed by atoms with van der Waals surface area (Å²) < 4.78 is 0. The van der Waals surface area contributed by atoms with Crippen molar-refractivity contribution in [3.8, 4) is 5.75 Å². The van der Waals surface area contributed by atoms with Crippen molar-refractivity contribution >= 4 is 51.7 Å². The number of non-ortho nitro benzene ring substituents is 1. The van der Waals surface area contributed by atoms with Gasteiger partial charge in [-0.15, -0.1) is 0 Å². The molecule has 9 nitrogen and oxygen atoms in total. The van der Waals surface area contributed by atoms with Gasteiger partial charge in [-0.2, -0.15) is 5.10 Å². The number of aromatic hydroxyl groups is 1. The second-order valence-corrected chi connectivity index (χ2v) is 5.76. The van der Waals surface area contributed by atoms with Crippen LogP contribution in [0.5, 0.6) is 5.75 Å². The number of aromatic amines is 2. The number of nitro groups is 1. The van der Waals surface area contributed by atoms with E-state index in [0.29, 0.717) is 5.02 Å². The third-order valence-corrected chi connectivity index (χ3v) is 3.86. The van der Waals surface area contributed by atoms with Crippen LogP contribution in [0.1, 0.15) is 5.56 Å². The van der Waals surface area contributed by atoms with Crippen LogP contribution in [0, 0.1) is 10.1 Å². The highest BCUT2D eigenvalue weighted by atomic mass is 35.5. The second-order valence-electron chi connectivity index (χ2n) is 4.91. The Balaban J connectivity index is 1.97. The molecule has 0 fully saturated rings. The third-order valence-electron chi connectivity index (χ3n) is 3.35. The SMILES string of the molecule is O=c1[nH][nH]c2c([N+](=O)[O-])ccc(N/N=C/c3cc(Cl)cc(Cl)c3O)c12. The zero-order valence-corrected chi connectivity index (χ0v) is 13.7. The van der Waals surface area contributed by atoms with Gasteiger partial charge in [0.1, 0.15) is 11.3 Å². The molecule has 0 radical (unpaired) electrons. The van der Waals surface area contributed by atoms with Crippen LogP contribution in [0.25, 0.3) is 10.9 Å². The monoisotopic (exact) mass is 381 g/mol. The molecule has 128 valence electrons. The Kier molecular flexibility index (Phi) is 4.34. The zero-order chi connectivity index (χ0) is 18.1. The molecular formula is C14H9Cl2N5O4. The maximum Gasteiger partial charge on any atom is 0.295 e. The molecule has 11 heteroatoms. The van der Waals surface area contributed by atoms with E-state index in [4.69, 9.17) is 23.2 Å². The summed E-state index contributed by atoms with van der Waals surface area (Å²) in [7, 11) is 0. The van der Waals surface area contributed by atoms with Gasteiger partial charge in [-0.25, -0.2) is 0 Å². The van der Waals surface area contributed by atoms with Gasteiger partial charge in [0, 0.05) is 16.7 Å². The number of hydrogen-bond donors (Lipinski definition) is 4. The van der Waals surface area contributed by atoms with Gasteiger partial charge in [0.25, 0.3) is 11.2 Å². The van der Waals surface area contributed by atoms with Crippen LogP contribution in [0.4, 0.5) is 11.4 Å². The van der Waals surface area contributed by atoms with E-state index in [2.05, 4.69) is 20.7 Å². The molecule has 3 aromatic rings. The van der Waals surface area contributed by atoms with Gasteiger partial charge in [-0.05, 0) is 18.2 Å². The number of phenolic OH excluding ortho intramolecular Hbond substituents is 1. The predicted octanol–water partition coefficient (Wildman–Crippen LogP) is 3.22. The first-order valence-electron chi connectivity index (χ1n) is 6.73. The van der Waals surface area contributed by atoms with E-state index in [1.54, 1.807) is 0 Å². The van der Waals surface area contributed by atoms with Gasteiger partial charge in [0.2, 0.25) is 0 Å². The van der Waals surface area contributed by atoms with Crippen LogP contribution >= 0.6 is 23.2 Å². The van der Waals surface area contributed by atoms with E-state index >= 15 is 0 Å². The van der Waals surface area contributed by atoms with Gasteiger partial charge in [-0.3, -0.25) is 30.5 Å².